The highest BCUT2D eigenvalue weighted by Crippen LogP contribution is 2.41. The Hall–Kier alpha value is -1.23. The van der Waals surface area contributed by atoms with Crippen LogP contribution in [0.1, 0.15) is 22.2 Å². The molecule has 1 aliphatic heterocycles. The van der Waals surface area contributed by atoms with Crippen molar-refractivity contribution in [1.29, 1.82) is 0 Å². The van der Waals surface area contributed by atoms with Crippen LogP contribution < -0.4 is 9.47 Å². The fourth-order valence-corrected chi connectivity index (χ4v) is 4.87. The molecule has 21 heavy (non-hydrogen) atoms. The summed E-state index contributed by atoms with van der Waals surface area (Å²) in [6.07, 6.45) is 0.912. The van der Waals surface area contributed by atoms with Crippen LogP contribution in [0.4, 0.5) is 0 Å². The van der Waals surface area contributed by atoms with E-state index in [4.69, 9.17) is 21.1 Å². The van der Waals surface area contributed by atoms with Crippen LogP contribution in [0.15, 0.2) is 35.7 Å². The molecule has 3 aromatic rings. The summed E-state index contributed by atoms with van der Waals surface area (Å²) in [5, 5.41) is 1.97. The van der Waals surface area contributed by atoms with Gasteiger partial charge in [-0.05, 0) is 35.2 Å². The van der Waals surface area contributed by atoms with Crippen molar-refractivity contribution in [2.45, 2.75) is 11.8 Å². The first-order valence-electron chi connectivity index (χ1n) is 6.82. The number of halogens is 1. The van der Waals surface area contributed by atoms with Crippen LogP contribution in [-0.2, 0) is 0 Å². The van der Waals surface area contributed by atoms with Crippen molar-refractivity contribution in [1.82, 2.24) is 0 Å². The summed E-state index contributed by atoms with van der Waals surface area (Å²) < 4.78 is 14.0. The highest BCUT2D eigenvalue weighted by Gasteiger charge is 2.18. The molecule has 0 saturated heterocycles. The van der Waals surface area contributed by atoms with Crippen molar-refractivity contribution in [3.63, 3.8) is 0 Å². The summed E-state index contributed by atoms with van der Waals surface area (Å²) in [7, 11) is 0. The van der Waals surface area contributed by atoms with Crippen LogP contribution in [0.5, 0.6) is 11.5 Å². The van der Waals surface area contributed by atoms with Gasteiger partial charge in [-0.25, -0.2) is 0 Å². The molecular formula is C16H13ClO2S2. The summed E-state index contributed by atoms with van der Waals surface area (Å²) >= 11 is 10.2. The maximum Gasteiger partial charge on any atom is 0.161 e. The van der Waals surface area contributed by atoms with Crippen LogP contribution in [0.3, 0.4) is 0 Å². The maximum absolute atomic E-state index is 6.66. The van der Waals surface area contributed by atoms with Crippen LogP contribution >= 0.6 is 34.3 Å². The minimum absolute atomic E-state index is 0.147. The van der Waals surface area contributed by atoms with E-state index in [1.54, 1.807) is 22.7 Å². The van der Waals surface area contributed by atoms with E-state index >= 15 is 0 Å². The average Bonchev–Trinajstić information content (AvgIpc) is 3.00. The molecule has 0 spiro atoms. The lowest BCUT2D eigenvalue weighted by Gasteiger charge is -2.12. The number of thiophene rings is 2. The molecule has 3 heterocycles. The van der Waals surface area contributed by atoms with Crippen LogP contribution in [0, 0.1) is 0 Å². The molecule has 2 nitrogen and oxygen atoms in total. The first-order chi connectivity index (χ1) is 10.3. The standard InChI is InChI=1S/C16H13ClO2S2/c17-16(15-9-14-13(21-15)4-7-20-14)10-2-3-11-12(8-10)19-6-1-5-18-11/h2-4,7-9,16H,1,5-6H2. The van der Waals surface area contributed by atoms with Crippen molar-refractivity contribution in [2.75, 3.05) is 13.2 Å². The first kappa shape index (κ1) is 13.4. The molecule has 0 fully saturated rings. The fourth-order valence-electron chi connectivity index (χ4n) is 2.41. The Kier molecular flexibility index (Phi) is 3.53. The predicted molar refractivity (Wildman–Crippen MR) is 89.4 cm³/mol. The van der Waals surface area contributed by atoms with Crippen molar-refractivity contribution < 1.29 is 9.47 Å². The fraction of sp³-hybridized carbons (Fsp3) is 0.250. The molecule has 1 atom stereocenters. The van der Waals surface area contributed by atoms with Gasteiger partial charge in [0.2, 0.25) is 0 Å². The minimum atomic E-state index is -0.147. The Morgan fingerprint density at radius 1 is 1.00 bits per heavy atom. The Bertz CT molecular complexity index is 749. The van der Waals surface area contributed by atoms with Gasteiger partial charge in [0.15, 0.2) is 11.5 Å². The van der Waals surface area contributed by atoms with E-state index in [1.165, 1.54) is 14.3 Å². The third-order valence-corrected chi connectivity index (χ3v) is 6.25. The molecule has 108 valence electrons. The Labute approximate surface area is 135 Å². The third kappa shape index (κ3) is 2.52. The number of benzene rings is 1. The molecule has 0 bridgehead atoms. The van der Waals surface area contributed by atoms with Gasteiger partial charge in [0.1, 0.15) is 0 Å². The Morgan fingerprint density at radius 2 is 1.86 bits per heavy atom. The van der Waals surface area contributed by atoms with Crippen LogP contribution in [0.25, 0.3) is 9.40 Å². The second kappa shape index (κ2) is 5.52. The van der Waals surface area contributed by atoms with Gasteiger partial charge in [-0.3, -0.25) is 0 Å². The van der Waals surface area contributed by atoms with E-state index in [0.29, 0.717) is 13.2 Å². The lowest BCUT2D eigenvalue weighted by atomic mass is 10.1. The van der Waals surface area contributed by atoms with E-state index in [1.807, 2.05) is 18.2 Å². The third-order valence-electron chi connectivity index (χ3n) is 3.47. The summed E-state index contributed by atoms with van der Waals surface area (Å²) in [4.78, 5) is 1.17. The summed E-state index contributed by atoms with van der Waals surface area (Å²) in [6, 6.07) is 10.3. The van der Waals surface area contributed by atoms with E-state index < -0.39 is 0 Å². The average molecular weight is 337 g/mol. The van der Waals surface area contributed by atoms with E-state index in [2.05, 4.69) is 17.5 Å². The van der Waals surface area contributed by atoms with Gasteiger partial charge >= 0.3 is 0 Å². The second-order valence-electron chi connectivity index (χ2n) is 4.92. The topological polar surface area (TPSA) is 18.5 Å². The molecule has 0 amide bonds. The molecular weight excluding hydrogens is 324 g/mol. The number of hydrogen-bond acceptors (Lipinski definition) is 4. The van der Waals surface area contributed by atoms with Crippen molar-refractivity contribution in [3.05, 3.63) is 46.2 Å². The normalized spacial score (nSPS) is 15.9. The zero-order valence-electron chi connectivity index (χ0n) is 11.2. The molecule has 1 aliphatic rings. The quantitative estimate of drug-likeness (QED) is 0.579. The monoisotopic (exact) mass is 336 g/mol. The van der Waals surface area contributed by atoms with Gasteiger partial charge in [0.05, 0.1) is 18.6 Å². The van der Waals surface area contributed by atoms with Gasteiger partial charge in [0.25, 0.3) is 0 Å². The zero-order chi connectivity index (χ0) is 14.2. The van der Waals surface area contributed by atoms with Gasteiger partial charge in [0, 0.05) is 20.7 Å². The molecule has 1 aromatic carbocycles. The van der Waals surface area contributed by atoms with Gasteiger partial charge in [-0.15, -0.1) is 34.3 Å². The van der Waals surface area contributed by atoms with Crippen molar-refractivity contribution in [3.8, 4) is 11.5 Å². The molecule has 4 rings (SSSR count). The number of fused-ring (bicyclic) bond motifs is 2. The molecule has 0 aliphatic carbocycles. The van der Waals surface area contributed by atoms with Gasteiger partial charge in [-0.2, -0.15) is 0 Å². The van der Waals surface area contributed by atoms with Gasteiger partial charge in [-0.1, -0.05) is 6.07 Å². The van der Waals surface area contributed by atoms with Crippen LogP contribution in [0.2, 0.25) is 0 Å². The largest absolute Gasteiger partial charge is 0.490 e. The zero-order valence-corrected chi connectivity index (χ0v) is 13.6. The minimum Gasteiger partial charge on any atom is -0.490 e. The summed E-state index contributed by atoms with van der Waals surface area (Å²) in [6.45, 7) is 1.40. The highest BCUT2D eigenvalue weighted by atomic mass is 35.5. The molecule has 2 aromatic heterocycles. The molecule has 1 unspecified atom stereocenters. The Morgan fingerprint density at radius 3 is 2.71 bits per heavy atom. The van der Waals surface area contributed by atoms with E-state index in [9.17, 15) is 0 Å². The molecule has 0 radical (unpaired) electrons. The van der Waals surface area contributed by atoms with E-state index in [0.717, 1.165) is 23.5 Å². The molecule has 5 heteroatoms. The first-order valence-corrected chi connectivity index (χ1v) is 8.95. The molecule has 0 N–H and O–H groups in total. The van der Waals surface area contributed by atoms with Crippen molar-refractivity contribution in [2.24, 2.45) is 0 Å². The predicted octanol–water partition coefficient (Wildman–Crippen LogP) is 5.45. The molecule has 0 saturated carbocycles. The smallest absolute Gasteiger partial charge is 0.161 e. The van der Waals surface area contributed by atoms with Crippen LogP contribution in [-0.4, -0.2) is 13.2 Å². The summed E-state index contributed by atoms with van der Waals surface area (Å²) in [5.41, 5.74) is 1.05. The SMILES string of the molecule is ClC(c1ccc2c(c1)OCCCO2)c1cc2sccc2s1. The lowest BCUT2D eigenvalue weighted by Crippen LogP contribution is -1.97. The highest BCUT2D eigenvalue weighted by molar-refractivity contribution is 7.27. The Balaban J connectivity index is 1.68. The van der Waals surface area contributed by atoms with Crippen molar-refractivity contribution >= 4 is 43.7 Å². The number of alkyl halides is 1. The second-order valence-corrected chi connectivity index (χ2v) is 7.42. The van der Waals surface area contributed by atoms with E-state index in [-0.39, 0.29) is 5.38 Å². The number of hydrogen-bond donors (Lipinski definition) is 0. The number of ether oxygens (including phenoxy) is 2. The van der Waals surface area contributed by atoms with Gasteiger partial charge < -0.3 is 9.47 Å². The summed E-state index contributed by atoms with van der Waals surface area (Å²) in [5.74, 6) is 1.61. The maximum atomic E-state index is 6.66. The number of rotatable bonds is 2. The lowest BCUT2D eigenvalue weighted by molar-refractivity contribution is 0.297.